The maximum absolute atomic E-state index is 13.0. The second-order valence-corrected chi connectivity index (χ2v) is 10.5. The van der Waals surface area contributed by atoms with Gasteiger partial charge in [-0.25, -0.2) is 4.79 Å². The molecule has 6 atom stereocenters. The van der Waals surface area contributed by atoms with Crippen molar-refractivity contribution in [3.63, 3.8) is 0 Å². The van der Waals surface area contributed by atoms with Gasteiger partial charge in [0.25, 0.3) is 0 Å². The van der Waals surface area contributed by atoms with Crippen LogP contribution in [0.2, 0.25) is 0 Å². The summed E-state index contributed by atoms with van der Waals surface area (Å²) in [4.78, 5) is 24.6. The number of terminal acetylenes is 1. The molecule has 2 aliphatic carbocycles. The van der Waals surface area contributed by atoms with E-state index in [1.54, 1.807) is 0 Å². The van der Waals surface area contributed by atoms with Crippen LogP contribution < -0.4 is 10.4 Å². The molecule has 1 aliphatic heterocycles. The number of rotatable bonds is 2. The number of hydrogen-bond acceptors (Lipinski definition) is 5. The average Bonchev–Trinajstić information content (AvgIpc) is 2.87. The molecule has 5 heteroatoms. The number of fused-ring (bicyclic) bond motifs is 4. The summed E-state index contributed by atoms with van der Waals surface area (Å²) in [5.41, 5.74) is 0.926. The molecule has 0 radical (unpaired) electrons. The van der Waals surface area contributed by atoms with Gasteiger partial charge < -0.3 is 13.9 Å². The molecule has 0 spiro atoms. The van der Waals surface area contributed by atoms with Crippen LogP contribution in [-0.2, 0) is 16.0 Å². The number of ether oxygens (including phenoxy) is 2. The van der Waals surface area contributed by atoms with Crippen molar-refractivity contribution in [1.29, 1.82) is 0 Å². The maximum Gasteiger partial charge on any atom is 0.343 e. The van der Waals surface area contributed by atoms with Crippen molar-refractivity contribution < 1.29 is 18.7 Å². The van der Waals surface area contributed by atoms with Gasteiger partial charge in [-0.15, -0.1) is 12.8 Å². The number of carbonyl (C=O) groups is 1. The van der Waals surface area contributed by atoms with Crippen molar-refractivity contribution in [2.24, 2.45) is 23.2 Å². The van der Waals surface area contributed by atoms with Crippen molar-refractivity contribution in [3.8, 4) is 29.9 Å². The predicted molar refractivity (Wildman–Crippen MR) is 143 cm³/mol. The van der Waals surface area contributed by atoms with Crippen molar-refractivity contribution in [1.82, 2.24) is 0 Å². The lowest BCUT2D eigenvalue weighted by Gasteiger charge is -2.61. The van der Waals surface area contributed by atoms with Gasteiger partial charge in [0, 0.05) is 24.5 Å². The summed E-state index contributed by atoms with van der Waals surface area (Å²) in [7, 11) is 0. The second kappa shape index (κ2) is 10.9. The summed E-state index contributed by atoms with van der Waals surface area (Å²) in [5, 5.41) is 0. The first-order chi connectivity index (χ1) is 17.2. The molecular weight excluding hydrogens is 452 g/mol. The zero-order chi connectivity index (χ0) is 26.7. The molecule has 0 amide bonds. The van der Waals surface area contributed by atoms with E-state index in [1.807, 2.05) is 50.2 Å². The van der Waals surface area contributed by atoms with Crippen LogP contribution in [0.3, 0.4) is 0 Å². The lowest BCUT2D eigenvalue weighted by atomic mass is 9.47. The van der Waals surface area contributed by atoms with Crippen molar-refractivity contribution >= 4 is 5.97 Å². The Morgan fingerprint density at radius 3 is 2.39 bits per heavy atom. The summed E-state index contributed by atoms with van der Waals surface area (Å²) in [6, 6.07) is 11.6. The molecule has 0 bridgehead atoms. The molecule has 5 rings (SSSR count). The third-order valence-electron chi connectivity index (χ3n) is 8.66. The predicted octanol–water partition coefficient (Wildman–Crippen LogP) is 6.67. The van der Waals surface area contributed by atoms with E-state index in [0.29, 0.717) is 35.3 Å². The fourth-order valence-electron chi connectivity index (χ4n) is 7.02. The normalized spacial score (nSPS) is 31.9. The van der Waals surface area contributed by atoms with Crippen LogP contribution in [0.1, 0.15) is 72.8 Å². The molecule has 3 unspecified atom stereocenters. The fraction of sp³-hybridized carbons (Fsp3) is 0.548. The molecule has 2 fully saturated rings. The summed E-state index contributed by atoms with van der Waals surface area (Å²) in [5.74, 6) is 1.95. The van der Waals surface area contributed by atoms with E-state index in [1.165, 1.54) is 6.92 Å². The minimum absolute atomic E-state index is 0.0191. The third-order valence-corrected chi connectivity index (χ3v) is 8.66. The van der Waals surface area contributed by atoms with Crippen molar-refractivity contribution in [2.75, 3.05) is 0 Å². The molecule has 0 saturated heterocycles. The van der Waals surface area contributed by atoms with Crippen molar-refractivity contribution in [3.05, 3.63) is 52.4 Å². The Morgan fingerprint density at radius 2 is 1.75 bits per heavy atom. The molecule has 2 saturated carbocycles. The molecule has 3 aliphatic rings. The molecular formula is C31H40O5. The SMILES string of the molecule is C#C.CC.CC(=O)OC1CC[C@@]2(C)C(CC[C@@]3(C)Oc4cc(-c5ccccc5)oc(=O)c4CC23)[C@H]1C. The van der Waals surface area contributed by atoms with Gasteiger partial charge in [-0.3, -0.25) is 4.79 Å². The number of esters is 1. The Bertz CT molecular complexity index is 1130. The third kappa shape index (κ3) is 4.83. The van der Waals surface area contributed by atoms with E-state index in [4.69, 9.17) is 13.9 Å². The highest BCUT2D eigenvalue weighted by Crippen LogP contribution is 2.61. The Balaban J connectivity index is 0.000000861. The van der Waals surface area contributed by atoms with Gasteiger partial charge in [0.15, 0.2) is 0 Å². The van der Waals surface area contributed by atoms with Gasteiger partial charge in [-0.05, 0) is 56.3 Å². The molecule has 0 N–H and O–H groups in total. The summed E-state index contributed by atoms with van der Waals surface area (Å²) >= 11 is 0. The Kier molecular flexibility index (Phi) is 8.39. The van der Waals surface area contributed by atoms with Crippen LogP contribution >= 0.6 is 0 Å². The standard InChI is InChI=1S/C27H32O5.C2H6.C2H2/c1-16-20-10-13-27(4)24(26(20,3)12-11-21(16)30-17(2)28)14-19-23(32-27)15-22(31-25(19)29)18-8-6-5-7-9-18;2*1-2/h5-9,15-16,20-21,24H,10-14H2,1-4H3;1-2H3;1-2H/t16-,20?,21?,24?,26+,27-;;/m1../s1. The van der Waals surface area contributed by atoms with Gasteiger partial charge in [0.2, 0.25) is 0 Å². The lowest BCUT2D eigenvalue weighted by molar-refractivity contribution is -0.180. The maximum atomic E-state index is 13.0. The average molecular weight is 493 g/mol. The Morgan fingerprint density at radius 1 is 1.08 bits per heavy atom. The summed E-state index contributed by atoms with van der Waals surface area (Å²) in [6.07, 6.45) is 12.4. The minimum Gasteiger partial charge on any atom is -0.487 e. The molecule has 36 heavy (non-hydrogen) atoms. The van der Waals surface area contributed by atoms with E-state index in [0.717, 1.165) is 31.2 Å². The van der Waals surface area contributed by atoms with E-state index >= 15 is 0 Å². The quantitative estimate of drug-likeness (QED) is 0.346. The van der Waals surface area contributed by atoms with Crippen LogP contribution in [0.5, 0.6) is 5.75 Å². The molecule has 1 aromatic heterocycles. The Hall–Kier alpha value is -3.00. The van der Waals surface area contributed by atoms with Gasteiger partial charge in [-0.2, -0.15) is 0 Å². The van der Waals surface area contributed by atoms with Crippen molar-refractivity contribution in [2.45, 2.75) is 85.4 Å². The van der Waals surface area contributed by atoms with Crippen LogP contribution in [0.25, 0.3) is 11.3 Å². The van der Waals surface area contributed by atoms with E-state index in [-0.39, 0.29) is 34.6 Å². The lowest BCUT2D eigenvalue weighted by Crippen LogP contribution is -2.62. The number of carbonyl (C=O) groups excluding carboxylic acids is 1. The van der Waals surface area contributed by atoms with Crippen LogP contribution in [0.15, 0.2) is 45.6 Å². The highest BCUT2D eigenvalue weighted by Gasteiger charge is 2.60. The molecule has 2 heterocycles. The molecule has 5 nitrogen and oxygen atoms in total. The molecule has 2 aromatic rings. The second-order valence-electron chi connectivity index (χ2n) is 10.5. The first-order valence-electron chi connectivity index (χ1n) is 13.1. The van der Waals surface area contributed by atoms with Gasteiger partial charge >= 0.3 is 11.6 Å². The highest BCUT2D eigenvalue weighted by atomic mass is 16.5. The van der Waals surface area contributed by atoms with Crippen LogP contribution in [0, 0.1) is 36.0 Å². The fourth-order valence-corrected chi connectivity index (χ4v) is 7.02. The minimum atomic E-state index is -0.325. The smallest absolute Gasteiger partial charge is 0.343 e. The van der Waals surface area contributed by atoms with Gasteiger partial charge in [-0.1, -0.05) is 58.0 Å². The number of benzene rings is 1. The zero-order valence-corrected chi connectivity index (χ0v) is 22.5. The largest absolute Gasteiger partial charge is 0.487 e. The monoisotopic (exact) mass is 492 g/mol. The van der Waals surface area contributed by atoms with E-state index in [9.17, 15) is 9.59 Å². The first-order valence-corrected chi connectivity index (χ1v) is 13.1. The van der Waals surface area contributed by atoms with Crippen LogP contribution in [-0.4, -0.2) is 17.7 Å². The summed E-state index contributed by atoms with van der Waals surface area (Å²) in [6.45, 7) is 12.3. The summed E-state index contributed by atoms with van der Waals surface area (Å²) < 4.78 is 18.0. The van der Waals surface area contributed by atoms with Gasteiger partial charge in [0.1, 0.15) is 23.2 Å². The van der Waals surface area contributed by atoms with Gasteiger partial charge in [0.05, 0.1) is 5.56 Å². The molecule has 1 aromatic carbocycles. The van der Waals surface area contributed by atoms with E-state index in [2.05, 4.69) is 33.6 Å². The number of hydrogen-bond donors (Lipinski definition) is 0. The Labute approximate surface area is 215 Å². The molecule has 194 valence electrons. The van der Waals surface area contributed by atoms with E-state index < -0.39 is 0 Å². The first kappa shape index (κ1) is 27.6. The zero-order valence-electron chi connectivity index (χ0n) is 22.5. The topological polar surface area (TPSA) is 65.7 Å². The van der Waals surface area contributed by atoms with Crippen LogP contribution in [0.4, 0.5) is 0 Å². The highest BCUT2D eigenvalue weighted by molar-refractivity contribution is 5.66.